The van der Waals surface area contributed by atoms with Gasteiger partial charge in [0.05, 0.1) is 18.2 Å². The Bertz CT molecular complexity index is 974. The lowest BCUT2D eigenvalue weighted by atomic mass is 10.1. The van der Waals surface area contributed by atoms with Gasteiger partial charge in [0.15, 0.2) is 11.5 Å². The van der Waals surface area contributed by atoms with Gasteiger partial charge in [-0.05, 0) is 59.1 Å². The Hall–Kier alpha value is -2.61. The van der Waals surface area contributed by atoms with Crippen LogP contribution in [0.2, 0.25) is 0 Å². The van der Waals surface area contributed by atoms with Gasteiger partial charge in [-0.25, -0.2) is 4.39 Å². The maximum Gasteiger partial charge on any atom is 0.254 e. The van der Waals surface area contributed by atoms with Gasteiger partial charge in [0.1, 0.15) is 5.82 Å². The number of benzene rings is 2. The quantitative estimate of drug-likeness (QED) is 0.603. The van der Waals surface area contributed by atoms with Crippen molar-refractivity contribution in [1.29, 1.82) is 0 Å². The molecule has 2 amide bonds. The third-order valence-corrected chi connectivity index (χ3v) is 5.79. The summed E-state index contributed by atoms with van der Waals surface area (Å²) >= 11 is 3.47. The van der Waals surface area contributed by atoms with Gasteiger partial charge in [0.25, 0.3) is 11.8 Å². The van der Waals surface area contributed by atoms with E-state index < -0.39 is 5.82 Å². The molecule has 0 saturated carbocycles. The van der Waals surface area contributed by atoms with E-state index in [9.17, 15) is 14.0 Å². The predicted octanol–water partition coefficient (Wildman–Crippen LogP) is 4.29. The molecule has 2 aromatic carbocycles. The Labute approximate surface area is 190 Å². The SMILES string of the molecule is CCCOc1c(Br)cc(C(=O)N2CCN(C(=O)c3ccc(C)c(F)c3)CC2)cc1OC. The van der Waals surface area contributed by atoms with Crippen molar-refractivity contribution in [2.45, 2.75) is 20.3 Å². The maximum absolute atomic E-state index is 13.8. The molecule has 0 bridgehead atoms. The van der Waals surface area contributed by atoms with Gasteiger partial charge in [-0.3, -0.25) is 9.59 Å². The Morgan fingerprint density at radius 3 is 2.19 bits per heavy atom. The molecule has 0 radical (unpaired) electrons. The number of halogens is 2. The fraction of sp³-hybridized carbons (Fsp3) is 0.391. The highest BCUT2D eigenvalue weighted by Crippen LogP contribution is 2.37. The van der Waals surface area contributed by atoms with Crippen molar-refractivity contribution in [1.82, 2.24) is 9.80 Å². The van der Waals surface area contributed by atoms with E-state index in [4.69, 9.17) is 9.47 Å². The summed E-state index contributed by atoms with van der Waals surface area (Å²) in [6, 6.07) is 7.89. The van der Waals surface area contributed by atoms with Gasteiger partial charge in [-0.15, -0.1) is 0 Å². The molecular formula is C23H26BrFN2O4. The average molecular weight is 493 g/mol. The lowest BCUT2D eigenvalue weighted by Crippen LogP contribution is -2.50. The molecule has 1 fully saturated rings. The highest BCUT2D eigenvalue weighted by atomic mass is 79.9. The summed E-state index contributed by atoms with van der Waals surface area (Å²) in [6.45, 7) is 5.77. The van der Waals surface area contributed by atoms with Crippen LogP contribution in [0.3, 0.4) is 0 Å². The minimum atomic E-state index is -0.398. The first-order valence-electron chi connectivity index (χ1n) is 10.2. The highest BCUT2D eigenvalue weighted by Gasteiger charge is 2.27. The fourth-order valence-corrected chi connectivity index (χ4v) is 3.95. The van der Waals surface area contributed by atoms with Crippen LogP contribution >= 0.6 is 15.9 Å². The van der Waals surface area contributed by atoms with Crippen LogP contribution in [0.5, 0.6) is 11.5 Å². The van der Waals surface area contributed by atoms with Gasteiger partial charge in [0, 0.05) is 37.3 Å². The van der Waals surface area contributed by atoms with Crippen molar-refractivity contribution in [2.24, 2.45) is 0 Å². The predicted molar refractivity (Wildman–Crippen MR) is 119 cm³/mol. The zero-order chi connectivity index (χ0) is 22.5. The number of amides is 2. The molecule has 0 aromatic heterocycles. The summed E-state index contributed by atoms with van der Waals surface area (Å²) in [5.41, 5.74) is 1.30. The van der Waals surface area contributed by atoms with Crippen LogP contribution in [-0.4, -0.2) is 61.5 Å². The number of nitrogens with zero attached hydrogens (tertiary/aromatic N) is 2. The Morgan fingerprint density at radius 2 is 1.65 bits per heavy atom. The number of carbonyl (C=O) groups excluding carboxylic acids is 2. The molecule has 6 nitrogen and oxygen atoms in total. The first kappa shape index (κ1) is 23.1. The summed E-state index contributed by atoms with van der Waals surface area (Å²) in [5.74, 6) is 0.288. The largest absolute Gasteiger partial charge is 0.493 e. The third-order valence-electron chi connectivity index (χ3n) is 5.20. The normalized spacial score (nSPS) is 13.8. The Kier molecular flexibility index (Phi) is 7.54. The molecule has 0 unspecified atom stereocenters. The summed E-state index contributed by atoms with van der Waals surface area (Å²) < 4.78 is 25.6. The van der Waals surface area contributed by atoms with Crippen LogP contribution in [0.15, 0.2) is 34.8 Å². The van der Waals surface area contributed by atoms with Gasteiger partial charge in [-0.1, -0.05) is 13.0 Å². The van der Waals surface area contributed by atoms with Crippen LogP contribution in [-0.2, 0) is 0 Å². The van der Waals surface area contributed by atoms with E-state index >= 15 is 0 Å². The summed E-state index contributed by atoms with van der Waals surface area (Å²) in [5, 5.41) is 0. The fourth-order valence-electron chi connectivity index (χ4n) is 3.39. The molecule has 2 aromatic rings. The van der Waals surface area contributed by atoms with Crippen LogP contribution < -0.4 is 9.47 Å². The second-order valence-corrected chi connectivity index (χ2v) is 8.24. The number of hydrogen-bond donors (Lipinski definition) is 0. The molecule has 1 aliphatic rings. The molecule has 0 N–H and O–H groups in total. The molecule has 31 heavy (non-hydrogen) atoms. The lowest BCUT2D eigenvalue weighted by Gasteiger charge is -2.35. The number of carbonyl (C=O) groups is 2. The smallest absolute Gasteiger partial charge is 0.254 e. The molecule has 8 heteroatoms. The van der Waals surface area contributed by atoms with Crippen molar-refractivity contribution in [2.75, 3.05) is 39.9 Å². The molecule has 0 spiro atoms. The monoisotopic (exact) mass is 492 g/mol. The van der Waals surface area contributed by atoms with Crippen LogP contribution in [0.4, 0.5) is 4.39 Å². The molecule has 166 valence electrons. The van der Waals surface area contributed by atoms with E-state index in [0.717, 1.165) is 6.42 Å². The minimum absolute atomic E-state index is 0.144. The van der Waals surface area contributed by atoms with Crippen molar-refractivity contribution >= 4 is 27.7 Å². The first-order chi connectivity index (χ1) is 14.8. The van der Waals surface area contributed by atoms with Crippen LogP contribution in [0.1, 0.15) is 39.6 Å². The molecule has 1 saturated heterocycles. The van der Waals surface area contributed by atoms with E-state index in [1.807, 2.05) is 6.92 Å². The minimum Gasteiger partial charge on any atom is -0.493 e. The second-order valence-electron chi connectivity index (χ2n) is 7.39. The average Bonchev–Trinajstić information content (AvgIpc) is 2.78. The van der Waals surface area contributed by atoms with E-state index in [-0.39, 0.29) is 11.8 Å². The van der Waals surface area contributed by atoms with Crippen molar-refractivity contribution < 1.29 is 23.5 Å². The molecule has 0 atom stereocenters. The van der Waals surface area contributed by atoms with E-state index in [1.54, 1.807) is 41.0 Å². The second kappa shape index (κ2) is 10.1. The van der Waals surface area contributed by atoms with Crippen molar-refractivity contribution in [3.8, 4) is 11.5 Å². The van der Waals surface area contributed by atoms with Crippen molar-refractivity contribution in [3.63, 3.8) is 0 Å². The van der Waals surface area contributed by atoms with E-state index in [1.165, 1.54) is 13.2 Å². The van der Waals surface area contributed by atoms with Gasteiger partial charge < -0.3 is 19.3 Å². The summed E-state index contributed by atoms with van der Waals surface area (Å²) in [7, 11) is 1.53. The van der Waals surface area contributed by atoms with Gasteiger partial charge >= 0.3 is 0 Å². The molecule has 3 rings (SSSR count). The van der Waals surface area contributed by atoms with Gasteiger partial charge in [0.2, 0.25) is 0 Å². The molecular weight excluding hydrogens is 467 g/mol. The number of ether oxygens (including phenoxy) is 2. The Balaban J connectivity index is 1.68. The zero-order valence-corrected chi connectivity index (χ0v) is 19.5. The van der Waals surface area contributed by atoms with E-state index in [0.29, 0.717) is 65.4 Å². The first-order valence-corrected chi connectivity index (χ1v) is 11.0. The summed E-state index contributed by atoms with van der Waals surface area (Å²) in [4.78, 5) is 29.1. The van der Waals surface area contributed by atoms with Crippen LogP contribution in [0.25, 0.3) is 0 Å². The molecule has 1 heterocycles. The Morgan fingerprint density at radius 1 is 1.03 bits per heavy atom. The molecule has 0 aliphatic carbocycles. The standard InChI is InChI=1S/C23H26BrFN2O4/c1-4-11-31-21-18(24)12-17(14-20(21)30-3)23(29)27-9-7-26(8-10-27)22(28)16-6-5-15(2)19(25)13-16/h5-6,12-14H,4,7-11H2,1-3H3. The highest BCUT2D eigenvalue weighted by molar-refractivity contribution is 9.10. The van der Waals surface area contributed by atoms with Gasteiger partial charge in [-0.2, -0.15) is 0 Å². The number of methoxy groups -OCH3 is 1. The topological polar surface area (TPSA) is 59.1 Å². The number of piperazine rings is 1. The van der Waals surface area contributed by atoms with Crippen molar-refractivity contribution in [3.05, 3.63) is 57.3 Å². The third kappa shape index (κ3) is 5.18. The number of hydrogen-bond acceptors (Lipinski definition) is 4. The number of aryl methyl sites for hydroxylation is 1. The maximum atomic E-state index is 13.8. The zero-order valence-electron chi connectivity index (χ0n) is 17.9. The number of rotatable bonds is 6. The van der Waals surface area contributed by atoms with Crippen LogP contribution in [0, 0.1) is 12.7 Å². The summed E-state index contributed by atoms with van der Waals surface area (Å²) in [6.07, 6.45) is 0.856. The van der Waals surface area contributed by atoms with E-state index in [2.05, 4.69) is 15.9 Å². The lowest BCUT2D eigenvalue weighted by molar-refractivity contribution is 0.0535. The molecule has 1 aliphatic heterocycles.